The lowest BCUT2D eigenvalue weighted by atomic mass is 9.82. The summed E-state index contributed by atoms with van der Waals surface area (Å²) in [5, 5.41) is 8.51. The van der Waals surface area contributed by atoms with Crippen molar-refractivity contribution in [2.75, 3.05) is 6.61 Å². The molecule has 1 atom stereocenters. The monoisotopic (exact) mass is 340 g/mol. The number of hydrogen-bond acceptors (Lipinski definition) is 2. The summed E-state index contributed by atoms with van der Waals surface area (Å²) >= 11 is 0. The number of hydrogen-bond donors (Lipinski definition) is 1. The number of rotatable bonds is 8. The molecule has 0 spiro atoms. The highest BCUT2D eigenvalue weighted by Gasteiger charge is 2.17. The maximum Gasteiger partial charge on any atom is 0.505 e. The number of carboxylic acid groups (broad SMARTS) is 1. The highest BCUT2D eigenvalue weighted by molar-refractivity contribution is 5.56. The minimum atomic E-state index is -1.19. The minimum Gasteiger partial charge on any atom is -0.450 e. The molecule has 0 amide bonds. The molecule has 25 heavy (non-hydrogen) atoms. The topological polar surface area (TPSA) is 46.5 Å². The predicted octanol–water partition coefficient (Wildman–Crippen LogP) is 6.00. The first-order valence-electron chi connectivity index (χ1n) is 8.98. The van der Waals surface area contributed by atoms with Crippen molar-refractivity contribution in [3.05, 3.63) is 70.3 Å². The van der Waals surface area contributed by atoms with Crippen molar-refractivity contribution in [1.29, 1.82) is 0 Å². The second-order valence-corrected chi connectivity index (χ2v) is 6.65. The van der Waals surface area contributed by atoms with Crippen LogP contribution in [0.25, 0.3) is 0 Å². The van der Waals surface area contributed by atoms with Crippen LogP contribution in [0.5, 0.6) is 0 Å². The van der Waals surface area contributed by atoms with Gasteiger partial charge in [0, 0.05) is 5.92 Å². The standard InChI is InChI=1S/C22H28O3/c1-16-13-14-20(18(3)17(16)2)21(19-10-6-4-7-11-19)12-8-5-9-15-25-22(23)24/h4,6-7,10-11,13-14,21H,5,8-9,12,15H2,1-3H3,(H,23,24). The van der Waals surface area contributed by atoms with E-state index in [4.69, 9.17) is 5.11 Å². The van der Waals surface area contributed by atoms with Crippen LogP contribution in [0.4, 0.5) is 4.79 Å². The summed E-state index contributed by atoms with van der Waals surface area (Å²) in [5.74, 6) is 0.376. The van der Waals surface area contributed by atoms with E-state index in [2.05, 4.69) is 68.0 Å². The fraction of sp³-hybridized carbons (Fsp3) is 0.409. The van der Waals surface area contributed by atoms with Gasteiger partial charge in [-0.3, -0.25) is 0 Å². The van der Waals surface area contributed by atoms with Crippen molar-refractivity contribution in [1.82, 2.24) is 0 Å². The van der Waals surface area contributed by atoms with Crippen molar-refractivity contribution in [3.8, 4) is 0 Å². The summed E-state index contributed by atoms with van der Waals surface area (Å²) in [6, 6.07) is 15.1. The van der Waals surface area contributed by atoms with Gasteiger partial charge >= 0.3 is 6.16 Å². The zero-order chi connectivity index (χ0) is 18.2. The first kappa shape index (κ1) is 19.0. The van der Waals surface area contributed by atoms with Gasteiger partial charge in [-0.05, 0) is 61.4 Å². The molecule has 2 aromatic carbocycles. The molecule has 0 aliphatic rings. The van der Waals surface area contributed by atoms with Gasteiger partial charge < -0.3 is 9.84 Å². The normalized spacial score (nSPS) is 12.0. The number of carbonyl (C=O) groups is 1. The maximum absolute atomic E-state index is 10.4. The van der Waals surface area contributed by atoms with E-state index in [-0.39, 0.29) is 6.61 Å². The molecule has 3 heteroatoms. The van der Waals surface area contributed by atoms with Crippen molar-refractivity contribution in [2.45, 2.75) is 52.4 Å². The minimum absolute atomic E-state index is 0.286. The number of ether oxygens (including phenoxy) is 1. The molecule has 0 heterocycles. The Kier molecular flexibility index (Phi) is 7.05. The Morgan fingerprint density at radius 3 is 2.36 bits per heavy atom. The van der Waals surface area contributed by atoms with Crippen molar-refractivity contribution < 1.29 is 14.6 Å². The summed E-state index contributed by atoms with van der Waals surface area (Å²) in [6.45, 7) is 6.86. The van der Waals surface area contributed by atoms with Gasteiger partial charge in [0.1, 0.15) is 0 Å². The molecule has 0 radical (unpaired) electrons. The van der Waals surface area contributed by atoms with Crippen LogP contribution in [0, 0.1) is 20.8 Å². The quantitative estimate of drug-likeness (QED) is 0.473. The van der Waals surface area contributed by atoms with E-state index in [0.717, 1.165) is 25.7 Å². The van der Waals surface area contributed by atoms with Crippen LogP contribution in [0.15, 0.2) is 42.5 Å². The van der Waals surface area contributed by atoms with Crippen LogP contribution < -0.4 is 0 Å². The third-order valence-corrected chi connectivity index (χ3v) is 5.04. The molecular formula is C22H28O3. The Balaban J connectivity index is 2.10. The molecule has 0 saturated carbocycles. The van der Waals surface area contributed by atoms with E-state index in [1.807, 2.05) is 0 Å². The molecular weight excluding hydrogens is 312 g/mol. The molecule has 0 aromatic heterocycles. The van der Waals surface area contributed by atoms with E-state index in [9.17, 15) is 4.79 Å². The summed E-state index contributed by atoms with van der Waals surface area (Å²) in [6.07, 6.45) is 2.67. The van der Waals surface area contributed by atoms with Crippen molar-refractivity contribution in [3.63, 3.8) is 0 Å². The lowest BCUT2D eigenvalue weighted by molar-refractivity contribution is 0.0899. The first-order valence-corrected chi connectivity index (χ1v) is 8.98. The van der Waals surface area contributed by atoms with Crippen LogP contribution in [-0.2, 0) is 4.74 Å². The fourth-order valence-corrected chi connectivity index (χ4v) is 3.33. The molecule has 0 aliphatic heterocycles. The van der Waals surface area contributed by atoms with E-state index in [0.29, 0.717) is 5.92 Å². The highest BCUT2D eigenvalue weighted by Crippen LogP contribution is 2.33. The molecule has 1 N–H and O–H groups in total. The fourth-order valence-electron chi connectivity index (χ4n) is 3.33. The van der Waals surface area contributed by atoms with E-state index < -0.39 is 6.16 Å². The van der Waals surface area contributed by atoms with E-state index in [1.165, 1.54) is 27.8 Å². The van der Waals surface area contributed by atoms with Crippen LogP contribution in [-0.4, -0.2) is 17.9 Å². The molecule has 0 saturated heterocycles. The van der Waals surface area contributed by atoms with Gasteiger partial charge in [0.25, 0.3) is 0 Å². The zero-order valence-corrected chi connectivity index (χ0v) is 15.4. The third-order valence-electron chi connectivity index (χ3n) is 5.04. The SMILES string of the molecule is Cc1ccc(C(CCCCCOC(=O)O)c2ccccc2)c(C)c1C. The van der Waals surface area contributed by atoms with E-state index >= 15 is 0 Å². The highest BCUT2D eigenvalue weighted by atomic mass is 16.7. The third kappa shape index (κ3) is 5.35. The second-order valence-electron chi connectivity index (χ2n) is 6.65. The van der Waals surface area contributed by atoms with Gasteiger partial charge in [0.2, 0.25) is 0 Å². The molecule has 0 bridgehead atoms. The molecule has 2 rings (SSSR count). The average molecular weight is 340 g/mol. The predicted molar refractivity (Wildman–Crippen MR) is 101 cm³/mol. The summed E-state index contributed by atoms with van der Waals surface area (Å²) in [7, 11) is 0. The van der Waals surface area contributed by atoms with Gasteiger partial charge in [-0.25, -0.2) is 4.79 Å². The maximum atomic E-state index is 10.4. The summed E-state index contributed by atoms with van der Waals surface area (Å²) in [5.41, 5.74) is 6.82. The Morgan fingerprint density at radius 2 is 1.68 bits per heavy atom. The number of benzene rings is 2. The summed E-state index contributed by atoms with van der Waals surface area (Å²) in [4.78, 5) is 10.4. The molecule has 0 aliphatic carbocycles. The van der Waals surface area contributed by atoms with Crippen molar-refractivity contribution in [2.24, 2.45) is 0 Å². The van der Waals surface area contributed by atoms with Crippen molar-refractivity contribution >= 4 is 6.16 Å². The van der Waals surface area contributed by atoms with E-state index in [1.54, 1.807) is 0 Å². The van der Waals surface area contributed by atoms with Gasteiger partial charge in [-0.2, -0.15) is 0 Å². The molecule has 0 fully saturated rings. The van der Waals surface area contributed by atoms with Gasteiger partial charge in [0.05, 0.1) is 6.61 Å². The van der Waals surface area contributed by atoms with Crippen LogP contribution in [0.2, 0.25) is 0 Å². The zero-order valence-electron chi connectivity index (χ0n) is 15.4. The Morgan fingerprint density at radius 1 is 0.960 bits per heavy atom. The van der Waals surface area contributed by atoms with Gasteiger partial charge in [-0.15, -0.1) is 0 Å². The molecule has 134 valence electrons. The number of unbranched alkanes of at least 4 members (excludes halogenated alkanes) is 2. The molecule has 3 nitrogen and oxygen atoms in total. The smallest absolute Gasteiger partial charge is 0.450 e. The van der Waals surface area contributed by atoms with Crippen LogP contribution >= 0.6 is 0 Å². The van der Waals surface area contributed by atoms with Crippen LogP contribution in [0.1, 0.15) is 59.4 Å². The number of aryl methyl sites for hydroxylation is 1. The molecule has 1 unspecified atom stereocenters. The first-order chi connectivity index (χ1) is 12.0. The van der Waals surface area contributed by atoms with Crippen LogP contribution in [0.3, 0.4) is 0 Å². The Hall–Kier alpha value is -2.29. The Bertz CT molecular complexity index is 692. The molecule has 2 aromatic rings. The lowest BCUT2D eigenvalue weighted by Gasteiger charge is -2.22. The van der Waals surface area contributed by atoms with Gasteiger partial charge in [-0.1, -0.05) is 55.3 Å². The summed E-state index contributed by atoms with van der Waals surface area (Å²) < 4.78 is 4.58. The average Bonchev–Trinajstić information content (AvgIpc) is 2.61. The van der Waals surface area contributed by atoms with Gasteiger partial charge in [0.15, 0.2) is 0 Å². The second kappa shape index (κ2) is 9.26. The Labute approximate surface area is 150 Å². The largest absolute Gasteiger partial charge is 0.505 e. The lowest BCUT2D eigenvalue weighted by Crippen LogP contribution is -2.06.